The largest absolute Gasteiger partial charge is 0.506 e. The Morgan fingerprint density at radius 3 is 2.80 bits per heavy atom. The lowest BCUT2D eigenvalue weighted by Gasteiger charge is -1.97. The first-order valence-electron chi connectivity index (χ1n) is 4.43. The Kier molecular flexibility index (Phi) is 2.19. The van der Waals surface area contributed by atoms with E-state index < -0.39 is 9.84 Å². The maximum absolute atomic E-state index is 11.2. The molecule has 5 heteroatoms. The van der Waals surface area contributed by atoms with Crippen LogP contribution < -0.4 is 0 Å². The van der Waals surface area contributed by atoms with Gasteiger partial charge in [0, 0.05) is 17.8 Å². The Morgan fingerprint density at radius 2 is 2.13 bits per heavy atom. The van der Waals surface area contributed by atoms with Crippen LogP contribution in [0.15, 0.2) is 24.4 Å². The third kappa shape index (κ3) is 1.97. The Labute approximate surface area is 87.5 Å². The van der Waals surface area contributed by atoms with Crippen molar-refractivity contribution < 1.29 is 13.5 Å². The Bertz CT molecular complexity index is 598. The number of phenolic OH excluding ortho intramolecular Hbond substituents is 1. The van der Waals surface area contributed by atoms with Gasteiger partial charge >= 0.3 is 0 Å². The number of aromatic hydroxyl groups is 1. The number of para-hydroxylation sites is 1. The molecule has 2 aromatic rings. The third-order valence-electron chi connectivity index (χ3n) is 2.20. The van der Waals surface area contributed by atoms with E-state index in [1.807, 2.05) is 0 Å². The van der Waals surface area contributed by atoms with Crippen molar-refractivity contribution in [2.75, 3.05) is 6.26 Å². The average Bonchev–Trinajstić information content (AvgIpc) is 2.48. The van der Waals surface area contributed by atoms with E-state index in [2.05, 4.69) is 4.98 Å². The van der Waals surface area contributed by atoms with Gasteiger partial charge in [0.1, 0.15) is 5.75 Å². The van der Waals surface area contributed by atoms with Crippen LogP contribution in [0.5, 0.6) is 5.75 Å². The molecule has 0 fully saturated rings. The number of aromatic amines is 1. The van der Waals surface area contributed by atoms with Gasteiger partial charge in [-0.05, 0) is 11.6 Å². The van der Waals surface area contributed by atoms with Crippen molar-refractivity contribution in [3.8, 4) is 5.75 Å². The van der Waals surface area contributed by atoms with Crippen molar-refractivity contribution in [2.24, 2.45) is 0 Å². The number of nitrogens with one attached hydrogen (secondary N) is 1. The maximum Gasteiger partial charge on any atom is 0.151 e. The minimum Gasteiger partial charge on any atom is -0.506 e. The van der Waals surface area contributed by atoms with Gasteiger partial charge in [0.15, 0.2) is 9.84 Å². The number of aromatic nitrogens is 1. The second kappa shape index (κ2) is 3.27. The molecule has 0 saturated heterocycles. The van der Waals surface area contributed by atoms with Crippen LogP contribution in [0.3, 0.4) is 0 Å². The van der Waals surface area contributed by atoms with Gasteiger partial charge in [-0.1, -0.05) is 12.1 Å². The summed E-state index contributed by atoms with van der Waals surface area (Å²) in [7, 11) is -3.05. The molecule has 80 valence electrons. The summed E-state index contributed by atoms with van der Waals surface area (Å²) in [6.07, 6.45) is 2.81. The van der Waals surface area contributed by atoms with Crippen molar-refractivity contribution in [1.29, 1.82) is 0 Å². The lowest BCUT2D eigenvalue weighted by molar-refractivity contribution is 0.480. The fourth-order valence-electron chi connectivity index (χ4n) is 1.60. The first kappa shape index (κ1) is 10.0. The molecule has 0 spiro atoms. The summed E-state index contributed by atoms with van der Waals surface area (Å²) in [5.41, 5.74) is 1.26. The fraction of sp³-hybridized carbons (Fsp3) is 0.200. The summed E-state index contributed by atoms with van der Waals surface area (Å²) in [4.78, 5) is 2.86. The SMILES string of the molecule is CS(=O)(=O)Cc1c[nH]c2c(O)cccc12. The van der Waals surface area contributed by atoms with E-state index in [1.165, 1.54) is 6.26 Å². The fourth-order valence-corrected chi connectivity index (χ4v) is 2.40. The van der Waals surface area contributed by atoms with Gasteiger partial charge in [0.25, 0.3) is 0 Å². The van der Waals surface area contributed by atoms with E-state index >= 15 is 0 Å². The van der Waals surface area contributed by atoms with Crippen molar-refractivity contribution in [3.63, 3.8) is 0 Å². The number of rotatable bonds is 2. The highest BCUT2D eigenvalue weighted by atomic mass is 32.2. The van der Waals surface area contributed by atoms with Crippen molar-refractivity contribution in [2.45, 2.75) is 5.75 Å². The summed E-state index contributed by atoms with van der Waals surface area (Å²) in [6.45, 7) is 0. The zero-order valence-corrected chi connectivity index (χ0v) is 9.00. The van der Waals surface area contributed by atoms with Gasteiger partial charge in [-0.2, -0.15) is 0 Å². The van der Waals surface area contributed by atoms with E-state index in [0.29, 0.717) is 11.1 Å². The summed E-state index contributed by atoms with van der Waals surface area (Å²) >= 11 is 0. The highest BCUT2D eigenvalue weighted by molar-refractivity contribution is 7.89. The number of H-pyrrole nitrogens is 1. The van der Waals surface area contributed by atoms with Gasteiger partial charge in [-0.15, -0.1) is 0 Å². The van der Waals surface area contributed by atoms with E-state index in [4.69, 9.17) is 0 Å². The second-order valence-corrected chi connectivity index (χ2v) is 5.72. The van der Waals surface area contributed by atoms with Crippen LogP contribution in [0.2, 0.25) is 0 Å². The number of benzene rings is 1. The minimum atomic E-state index is -3.05. The molecule has 2 rings (SSSR count). The zero-order valence-electron chi connectivity index (χ0n) is 8.19. The van der Waals surface area contributed by atoms with Gasteiger partial charge in [-0.3, -0.25) is 0 Å². The first-order chi connectivity index (χ1) is 6.97. The molecule has 1 aromatic carbocycles. The van der Waals surface area contributed by atoms with Crippen LogP contribution in [-0.4, -0.2) is 24.8 Å². The minimum absolute atomic E-state index is 0.0174. The topological polar surface area (TPSA) is 70.2 Å². The molecule has 0 aliphatic carbocycles. The van der Waals surface area contributed by atoms with Crippen LogP contribution in [-0.2, 0) is 15.6 Å². The van der Waals surface area contributed by atoms with Gasteiger partial charge in [-0.25, -0.2) is 8.42 Å². The number of fused-ring (bicyclic) bond motifs is 1. The molecule has 15 heavy (non-hydrogen) atoms. The highest BCUT2D eigenvalue weighted by Crippen LogP contribution is 2.26. The van der Waals surface area contributed by atoms with Crippen molar-refractivity contribution in [3.05, 3.63) is 30.0 Å². The predicted molar refractivity (Wildman–Crippen MR) is 58.5 cm³/mol. The lowest BCUT2D eigenvalue weighted by Crippen LogP contribution is -1.99. The lowest BCUT2D eigenvalue weighted by atomic mass is 10.2. The molecule has 0 radical (unpaired) electrons. The number of hydrogen-bond acceptors (Lipinski definition) is 3. The van der Waals surface area contributed by atoms with Crippen molar-refractivity contribution in [1.82, 2.24) is 4.98 Å². The van der Waals surface area contributed by atoms with E-state index in [0.717, 1.165) is 5.39 Å². The van der Waals surface area contributed by atoms with Crippen molar-refractivity contribution >= 4 is 20.7 Å². The van der Waals surface area contributed by atoms with Crippen LogP contribution in [0, 0.1) is 0 Å². The highest BCUT2D eigenvalue weighted by Gasteiger charge is 2.11. The number of hydrogen-bond donors (Lipinski definition) is 2. The molecular formula is C10H11NO3S. The number of sulfone groups is 1. The molecule has 2 N–H and O–H groups in total. The van der Waals surface area contributed by atoms with Crippen LogP contribution in [0.1, 0.15) is 5.56 Å². The van der Waals surface area contributed by atoms with E-state index in [-0.39, 0.29) is 11.5 Å². The second-order valence-electron chi connectivity index (χ2n) is 3.58. The van der Waals surface area contributed by atoms with Crippen LogP contribution >= 0.6 is 0 Å². The molecule has 0 amide bonds. The van der Waals surface area contributed by atoms with Gasteiger partial charge in [0.2, 0.25) is 0 Å². The molecule has 1 aromatic heterocycles. The standard InChI is InChI=1S/C10H11NO3S/c1-15(13,14)6-7-5-11-10-8(7)3-2-4-9(10)12/h2-5,11-12H,6H2,1H3. The summed E-state index contributed by atoms with van der Waals surface area (Å²) in [5, 5.41) is 10.3. The Hall–Kier alpha value is -1.49. The summed E-state index contributed by atoms with van der Waals surface area (Å²) in [5.74, 6) is 0.114. The Morgan fingerprint density at radius 1 is 1.40 bits per heavy atom. The Balaban J connectivity index is 2.60. The molecule has 1 heterocycles. The number of phenols is 1. The summed E-state index contributed by atoms with van der Waals surface area (Å²) in [6, 6.07) is 5.03. The maximum atomic E-state index is 11.2. The predicted octanol–water partition coefficient (Wildman–Crippen LogP) is 1.42. The first-order valence-corrected chi connectivity index (χ1v) is 6.49. The van der Waals surface area contributed by atoms with E-state index in [1.54, 1.807) is 24.4 Å². The normalized spacial score (nSPS) is 12.1. The molecule has 0 atom stereocenters. The molecular weight excluding hydrogens is 214 g/mol. The quantitative estimate of drug-likeness (QED) is 0.812. The smallest absolute Gasteiger partial charge is 0.151 e. The molecule has 0 aliphatic heterocycles. The molecule has 0 unspecified atom stereocenters. The molecule has 0 aliphatic rings. The van der Waals surface area contributed by atoms with Gasteiger partial charge in [0.05, 0.1) is 11.3 Å². The zero-order chi connectivity index (χ0) is 11.1. The molecule has 0 saturated carbocycles. The van der Waals surface area contributed by atoms with Gasteiger partial charge < -0.3 is 10.1 Å². The average molecular weight is 225 g/mol. The summed E-state index contributed by atoms with van der Waals surface area (Å²) < 4.78 is 22.3. The van der Waals surface area contributed by atoms with Crippen LogP contribution in [0.4, 0.5) is 0 Å². The van der Waals surface area contributed by atoms with E-state index in [9.17, 15) is 13.5 Å². The molecule has 0 bridgehead atoms. The third-order valence-corrected chi connectivity index (χ3v) is 3.03. The molecule has 4 nitrogen and oxygen atoms in total. The monoisotopic (exact) mass is 225 g/mol. The van der Waals surface area contributed by atoms with Crippen LogP contribution in [0.25, 0.3) is 10.9 Å².